The van der Waals surface area contributed by atoms with Crippen molar-refractivity contribution in [3.05, 3.63) is 44.6 Å². The Kier molecular flexibility index (Phi) is 5.87. The van der Waals surface area contributed by atoms with Gasteiger partial charge in [-0.15, -0.1) is 0 Å². The van der Waals surface area contributed by atoms with Crippen LogP contribution in [0.1, 0.15) is 49.8 Å². The molecule has 0 unspecified atom stereocenters. The summed E-state index contributed by atoms with van der Waals surface area (Å²) in [5.74, 6) is 2.99. The first kappa shape index (κ1) is 21.4. The van der Waals surface area contributed by atoms with Gasteiger partial charge >= 0.3 is 0 Å². The summed E-state index contributed by atoms with van der Waals surface area (Å²) in [6.45, 7) is 0. The number of halogens is 2. The first-order chi connectivity index (χ1) is 14.9. The summed E-state index contributed by atoms with van der Waals surface area (Å²) in [6.07, 6.45) is 9.48. The number of hydrogen-bond donors (Lipinski definition) is 1. The zero-order valence-electron chi connectivity index (χ0n) is 16.9. The fourth-order valence-corrected chi connectivity index (χ4v) is 8.02. The lowest BCUT2D eigenvalue weighted by molar-refractivity contribution is -0.113. The van der Waals surface area contributed by atoms with Crippen LogP contribution in [0.5, 0.6) is 0 Å². The molecular formula is C23H22Br2N4OS. The minimum atomic E-state index is -0.175. The van der Waals surface area contributed by atoms with Crippen LogP contribution in [-0.4, -0.2) is 21.6 Å². The molecule has 2 heterocycles. The normalized spacial score (nSPS) is 28.4. The van der Waals surface area contributed by atoms with Crippen molar-refractivity contribution >= 4 is 55.3 Å². The monoisotopic (exact) mass is 560 g/mol. The highest BCUT2D eigenvalue weighted by atomic mass is 79.9. The van der Waals surface area contributed by atoms with Gasteiger partial charge in [-0.1, -0.05) is 11.8 Å². The van der Waals surface area contributed by atoms with Crippen molar-refractivity contribution in [3.8, 4) is 6.07 Å². The van der Waals surface area contributed by atoms with Crippen LogP contribution in [0.15, 0.2) is 38.4 Å². The van der Waals surface area contributed by atoms with Crippen LogP contribution < -0.4 is 5.32 Å². The van der Waals surface area contributed by atoms with Crippen LogP contribution in [0.2, 0.25) is 0 Å². The molecule has 0 radical (unpaired) electrons. The number of aromatic nitrogens is 2. The van der Waals surface area contributed by atoms with Gasteiger partial charge in [0.1, 0.15) is 16.9 Å². The lowest BCUT2D eigenvalue weighted by Gasteiger charge is -2.56. The molecule has 1 amide bonds. The number of thioether (sulfide) groups is 1. The Labute approximate surface area is 203 Å². The molecule has 4 bridgehead atoms. The van der Waals surface area contributed by atoms with Crippen molar-refractivity contribution in [2.45, 2.75) is 49.0 Å². The Morgan fingerprint density at radius 3 is 2.48 bits per heavy atom. The highest BCUT2D eigenvalue weighted by Gasteiger charge is 2.52. The van der Waals surface area contributed by atoms with E-state index in [1.54, 1.807) is 6.20 Å². The number of hydrogen-bond acceptors (Lipinski definition) is 5. The van der Waals surface area contributed by atoms with Gasteiger partial charge in [0.2, 0.25) is 5.91 Å². The van der Waals surface area contributed by atoms with E-state index in [4.69, 9.17) is 4.98 Å². The average molecular weight is 562 g/mol. The number of carbonyl (C=O) groups is 1. The van der Waals surface area contributed by atoms with Crippen LogP contribution in [-0.2, 0) is 10.2 Å². The third kappa shape index (κ3) is 4.29. The van der Waals surface area contributed by atoms with E-state index in [2.05, 4.69) is 54.3 Å². The van der Waals surface area contributed by atoms with E-state index >= 15 is 0 Å². The molecular weight excluding hydrogens is 540 g/mol. The third-order valence-corrected chi connectivity index (χ3v) is 9.00. The van der Waals surface area contributed by atoms with Crippen LogP contribution in [0.3, 0.4) is 0 Å². The maximum Gasteiger partial charge on any atom is 0.235 e. The number of carbonyl (C=O) groups excluding carboxylic acids is 1. The van der Waals surface area contributed by atoms with Crippen molar-refractivity contribution < 1.29 is 4.79 Å². The van der Waals surface area contributed by atoms with Crippen molar-refractivity contribution in [1.29, 1.82) is 5.26 Å². The Morgan fingerprint density at radius 1 is 1.19 bits per heavy atom. The molecule has 0 aromatic carbocycles. The molecule has 1 N–H and O–H groups in total. The molecule has 4 aliphatic carbocycles. The number of anilines is 1. The summed E-state index contributed by atoms with van der Waals surface area (Å²) in [6, 6.07) is 8.04. The predicted octanol–water partition coefficient (Wildman–Crippen LogP) is 6.07. The second-order valence-corrected chi connectivity index (χ2v) is 11.9. The maximum absolute atomic E-state index is 12.5. The van der Waals surface area contributed by atoms with Crippen LogP contribution in [0, 0.1) is 29.1 Å². The summed E-state index contributed by atoms with van der Waals surface area (Å²) >= 11 is 8.09. The van der Waals surface area contributed by atoms with Crippen molar-refractivity contribution in [1.82, 2.24) is 9.97 Å². The molecule has 160 valence electrons. The zero-order chi connectivity index (χ0) is 21.6. The fourth-order valence-electron chi connectivity index (χ4n) is 6.16. The Morgan fingerprint density at radius 2 is 1.87 bits per heavy atom. The van der Waals surface area contributed by atoms with Gasteiger partial charge < -0.3 is 5.32 Å². The number of nitriles is 1. The molecule has 8 heteroatoms. The molecule has 0 aliphatic heterocycles. The molecule has 2 aromatic rings. The number of nitrogens with zero attached hydrogens (tertiary/aromatic N) is 3. The summed E-state index contributed by atoms with van der Waals surface area (Å²) in [7, 11) is 0. The van der Waals surface area contributed by atoms with E-state index in [0.717, 1.165) is 27.9 Å². The second-order valence-electron chi connectivity index (χ2n) is 9.18. The quantitative estimate of drug-likeness (QED) is 0.448. The summed E-state index contributed by atoms with van der Waals surface area (Å²) in [5.41, 5.74) is 1.84. The van der Waals surface area contributed by atoms with Crippen molar-refractivity contribution in [3.63, 3.8) is 0 Å². The highest BCUT2D eigenvalue weighted by Crippen LogP contribution is 2.60. The van der Waals surface area contributed by atoms with E-state index in [-0.39, 0.29) is 17.1 Å². The summed E-state index contributed by atoms with van der Waals surface area (Å²) < 4.78 is 1.54. The molecule has 4 aliphatic rings. The Hall–Kier alpha value is -1.43. The lowest BCUT2D eigenvalue weighted by Crippen LogP contribution is -2.49. The molecule has 5 nitrogen and oxygen atoms in total. The van der Waals surface area contributed by atoms with Gasteiger partial charge in [-0.2, -0.15) is 5.26 Å². The number of amides is 1. The van der Waals surface area contributed by atoms with E-state index in [9.17, 15) is 10.1 Å². The van der Waals surface area contributed by atoms with Gasteiger partial charge in [-0.25, -0.2) is 9.97 Å². The molecule has 4 fully saturated rings. The van der Waals surface area contributed by atoms with Crippen LogP contribution >= 0.6 is 43.6 Å². The highest BCUT2D eigenvalue weighted by molar-refractivity contribution is 9.11. The van der Waals surface area contributed by atoms with Crippen LogP contribution in [0.4, 0.5) is 5.82 Å². The first-order valence-electron chi connectivity index (χ1n) is 10.6. The lowest BCUT2D eigenvalue weighted by atomic mass is 9.49. The van der Waals surface area contributed by atoms with Gasteiger partial charge in [0.15, 0.2) is 0 Å². The second kappa shape index (κ2) is 8.49. The van der Waals surface area contributed by atoms with Gasteiger partial charge in [-0.3, -0.25) is 4.79 Å². The summed E-state index contributed by atoms with van der Waals surface area (Å²) in [4.78, 5) is 21.7. The smallest absolute Gasteiger partial charge is 0.235 e. The fraction of sp³-hybridized carbons (Fsp3) is 0.478. The molecule has 2 aromatic heterocycles. The van der Waals surface area contributed by atoms with Gasteiger partial charge in [0.25, 0.3) is 0 Å². The molecule has 4 saturated carbocycles. The van der Waals surface area contributed by atoms with Crippen molar-refractivity contribution in [2.75, 3.05) is 11.1 Å². The van der Waals surface area contributed by atoms with E-state index in [1.165, 1.54) is 50.3 Å². The molecule has 6 rings (SSSR count). The minimum absolute atomic E-state index is 0.173. The molecule has 0 saturated heterocycles. The van der Waals surface area contributed by atoms with Gasteiger partial charge in [0, 0.05) is 21.8 Å². The zero-order valence-corrected chi connectivity index (χ0v) is 20.9. The van der Waals surface area contributed by atoms with Crippen molar-refractivity contribution in [2.24, 2.45) is 17.8 Å². The van der Waals surface area contributed by atoms with Gasteiger partial charge in [-0.05, 0) is 106 Å². The average Bonchev–Trinajstić information content (AvgIpc) is 2.73. The number of nitrogens with one attached hydrogen (secondary N) is 1. The maximum atomic E-state index is 12.5. The Balaban J connectivity index is 1.32. The molecule has 0 atom stereocenters. The minimum Gasteiger partial charge on any atom is -0.309 e. The van der Waals surface area contributed by atoms with Crippen LogP contribution in [0.25, 0.3) is 0 Å². The van der Waals surface area contributed by atoms with E-state index in [1.807, 2.05) is 12.1 Å². The number of pyridine rings is 2. The third-order valence-electron chi connectivity index (χ3n) is 6.97. The number of rotatable bonds is 5. The van der Waals surface area contributed by atoms with Gasteiger partial charge in [0.05, 0.1) is 15.8 Å². The molecule has 31 heavy (non-hydrogen) atoms. The largest absolute Gasteiger partial charge is 0.309 e. The predicted molar refractivity (Wildman–Crippen MR) is 128 cm³/mol. The molecule has 0 spiro atoms. The SMILES string of the molecule is N#Cc1ccc(C23CC4CC(CC(C4)C2)C3)nc1SCC(=O)Nc1ncc(Br)cc1Br. The summed E-state index contributed by atoms with van der Waals surface area (Å²) in [5, 5.41) is 13.1. The Bertz CT molecular complexity index is 1050. The van der Waals surface area contributed by atoms with E-state index in [0.29, 0.717) is 20.9 Å². The first-order valence-corrected chi connectivity index (χ1v) is 13.2. The standard InChI is InChI=1S/C23H22Br2N4OS/c24-17-6-18(25)21(27-11-17)29-20(30)12-31-22-16(10-26)1-2-19(28-22)23-7-13-3-14(8-23)5-15(4-13)9-23/h1-2,6,11,13-15H,3-5,7-9,12H2,(H,27,29,30). The topological polar surface area (TPSA) is 78.7 Å². The van der Waals surface area contributed by atoms with E-state index < -0.39 is 0 Å².